The van der Waals surface area contributed by atoms with Gasteiger partial charge in [0.25, 0.3) is 5.91 Å². The molecule has 1 aromatic carbocycles. The number of nitrogens with zero attached hydrogens (tertiary/aromatic N) is 1. The van der Waals surface area contributed by atoms with E-state index in [1.165, 1.54) is 5.06 Å². The van der Waals surface area contributed by atoms with Gasteiger partial charge in [0.1, 0.15) is 5.60 Å². The standard InChI is InChI=1S/C13H17NO3/c1-9(15)10-6-4-5-7-11(10)14-12(16)8-13(2,3)17-14/h4-7,9,15H,8H2,1-3H3. The average Bonchev–Trinajstić information content (AvgIpc) is 2.52. The van der Waals surface area contributed by atoms with Crippen LogP contribution < -0.4 is 5.06 Å². The Balaban J connectivity index is 2.38. The fraction of sp³-hybridized carbons (Fsp3) is 0.462. The lowest BCUT2D eigenvalue weighted by atomic mass is 10.1. The second-order valence-electron chi connectivity index (χ2n) is 4.95. The summed E-state index contributed by atoms with van der Waals surface area (Å²) in [6.07, 6.45) is -0.285. The van der Waals surface area contributed by atoms with Crippen LogP contribution >= 0.6 is 0 Å². The van der Waals surface area contributed by atoms with Gasteiger partial charge in [-0.3, -0.25) is 9.63 Å². The van der Waals surface area contributed by atoms with Crippen molar-refractivity contribution < 1.29 is 14.7 Å². The summed E-state index contributed by atoms with van der Waals surface area (Å²) in [5.74, 6) is -0.0805. The Morgan fingerprint density at radius 3 is 2.59 bits per heavy atom. The molecule has 1 unspecified atom stereocenters. The summed E-state index contributed by atoms with van der Waals surface area (Å²) < 4.78 is 0. The van der Waals surface area contributed by atoms with E-state index in [1.54, 1.807) is 19.1 Å². The van der Waals surface area contributed by atoms with Gasteiger partial charge in [-0.25, -0.2) is 0 Å². The molecule has 17 heavy (non-hydrogen) atoms. The minimum Gasteiger partial charge on any atom is -0.389 e. The molecule has 1 amide bonds. The zero-order valence-corrected chi connectivity index (χ0v) is 10.3. The number of carbonyl (C=O) groups is 1. The molecule has 1 heterocycles. The highest BCUT2D eigenvalue weighted by atomic mass is 16.7. The minimum absolute atomic E-state index is 0.0805. The summed E-state index contributed by atoms with van der Waals surface area (Å²) >= 11 is 0. The molecule has 0 aliphatic carbocycles. The Morgan fingerprint density at radius 2 is 2.06 bits per heavy atom. The molecular formula is C13H17NO3. The fourth-order valence-corrected chi connectivity index (χ4v) is 1.98. The first kappa shape index (κ1) is 12.1. The van der Waals surface area contributed by atoms with Crippen LogP contribution in [-0.4, -0.2) is 16.6 Å². The first-order valence-corrected chi connectivity index (χ1v) is 5.70. The molecule has 1 aromatic rings. The van der Waals surface area contributed by atoms with Crippen LogP contribution in [0.15, 0.2) is 24.3 Å². The van der Waals surface area contributed by atoms with Gasteiger partial charge in [0.2, 0.25) is 0 Å². The quantitative estimate of drug-likeness (QED) is 0.854. The third-order valence-electron chi connectivity index (χ3n) is 2.75. The van der Waals surface area contributed by atoms with Crippen LogP contribution in [0.1, 0.15) is 38.9 Å². The monoisotopic (exact) mass is 235 g/mol. The van der Waals surface area contributed by atoms with Crippen molar-refractivity contribution in [3.8, 4) is 0 Å². The predicted molar refractivity (Wildman–Crippen MR) is 64.3 cm³/mol. The van der Waals surface area contributed by atoms with Crippen molar-refractivity contribution in [3.05, 3.63) is 29.8 Å². The maximum absolute atomic E-state index is 11.9. The van der Waals surface area contributed by atoms with Gasteiger partial charge in [-0.2, -0.15) is 5.06 Å². The van der Waals surface area contributed by atoms with Crippen molar-refractivity contribution in [1.82, 2.24) is 0 Å². The van der Waals surface area contributed by atoms with Crippen LogP contribution in [0.5, 0.6) is 0 Å². The molecule has 1 aliphatic heterocycles. The van der Waals surface area contributed by atoms with Gasteiger partial charge in [-0.05, 0) is 26.8 Å². The Hall–Kier alpha value is -1.39. The SMILES string of the molecule is CC(O)c1ccccc1N1OC(C)(C)CC1=O. The molecular weight excluding hydrogens is 218 g/mol. The molecule has 1 N–H and O–H groups in total. The maximum Gasteiger partial charge on any atom is 0.253 e. The molecule has 0 radical (unpaired) electrons. The van der Waals surface area contributed by atoms with E-state index < -0.39 is 11.7 Å². The van der Waals surface area contributed by atoms with Crippen molar-refractivity contribution in [2.75, 3.05) is 5.06 Å². The zero-order valence-electron chi connectivity index (χ0n) is 10.3. The molecule has 2 rings (SSSR count). The van der Waals surface area contributed by atoms with Gasteiger partial charge in [-0.15, -0.1) is 0 Å². The van der Waals surface area contributed by atoms with E-state index in [2.05, 4.69) is 0 Å². The molecule has 0 spiro atoms. The number of anilines is 1. The van der Waals surface area contributed by atoms with Gasteiger partial charge >= 0.3 is 0 Å². The third kappa shape index (κ3) is 2.33. The van der Waals surface area contributed by atoms with Crippen LogP contribution in [0.4, 0.5) is 5.69 Å². The average molecular weight is 235 g/mol. The number of hydrogen-bond acceptors (Lipinski definition) is 3. The molecule has 1 fully saturated rings. The Bertz CT molecular complexity index is 440. The summed E-state index contributed by atoms with van der Waals surface area (Å²) in [6.45, 7) is 5.41. The number of benzene rings is 1. The van der Waals surface area contributed by atoms with Crippen molar-refractivity contribution in [2.45, 2.75) is 38.9 Å². The van der Waals surface area contributed by atoms with E-state index in [0.717, 1.165) is 0 Å². The Kier molecular flexibility index (Phi) is 2.93. The summed E-state index contributed by atoms with van der Waals surface area (Å²) in [4.78, 5) is 17.5. The van der Waals surface area contributed by atoms with Crippen molar-refractivity contribution in [1.29, 1.82) is 0 Å². The van der Waals surface area contributed by atoms with E-state index >= 15 is 0 Å². The lowest BCUT2D eigenvalue weighted by Gasteiger charge is -2.22. The summed E-state index contributed by atoms with van der Waals surface area (Å²) in [7, 11) is 0. The van der Waals surface area contributed by atoms with Gasteiger partial charge in [0, 0.05) is 5.56 Å². The molecule has 0 bridgehead atoms. The number of aliphatic hydroxyl groups is 1. The molecule has 1 aliphatic rings. The predicted octanol–water partition coefficient (Wildman–Crippen LogP) is 2.19. The number of para-hydroxylation sites is 1. The normalized spacial score (nSPS) is 20.7. The van der Waals surface area contributed by atoms with Crippen molar-refractivity contribution in [2.24, 2.45) is 0 Å². The summed E-state index contributed by atoms with van der Waals surface area (Å²) in [5, 5.41) is 11.0. The molecule has 4 nitrogen and oxygen atoms in total. The molecule has 1 atom stereocenters. The smallest absolute Gasteiger partial charge is 0.253 e. The number of hydrogen-bond donors (Lipinski definition) is 1. The Labute approximate surface area is 101 Å². The van der Waals surface area contributed by atoms with Crippen molar-refractivity contribution >= 4 is 11.6 Å². The zero-order chi connectivity index (χ0) is 12.6. The second kappa shape index (κ2) is 4.13. The highest BCUT2D eigenvalue weighted by molar-refractivity contribution is 5.94. The first-order chi connectivity index (χ1) is 7.91. The maximum atomic E-state index is 11.9. The van der Waals surface area contributed by atoms with Gasteiger partial charge in [0.15, 0.2) is 0 Å². The number of amides is 1. The number of hydroxylamine groups is 1. The fourth-order valence-electron chi connectivity index (χ4n) is 1.98. The Morgan fingerprint density at radius 1 is 1.41 bits per heavy atom. The summed E-state index contributed by atoms with van der Waals surface area (Å²) in [5.41, 5.74) is 0.833. The molecule has 1 saturated heterocycles. The largest absolute Gasteiger partial charge is 0.389 e. The number of rotatable bonds is 2. The molecule has 4 heteroatoms. The molecule has 92 valence electrons. The topological polar surface area (TPSA) is 49.8 Å². The second-order valence-corrected chi connectivity index (χ2v) is 4.95. The van der Waals surface area contributed by atoms with E-state index in [4.69, 9.17) is 4.84 Å². The van der Waals surface area contributed by atoms with Crippen LogP contribution in [0.25, 0.3) is 0 Å². The minimum atomic E-state index is -0.633. The van der Waals surface area contributed by atoms with Crippen LogP contribution in [0, 0.1) is 0 Å². The molecule has 0 saturated carbocycles. The highest BCUT2D eigenvalue weighted by Gasteiger charge is 2.39. The van der Waals surface area contributed by atoms with E-state index in [1.807, 2.05) is 26.0 Å². The van der Waals surface area contributed by atoms with E-state index in [0.29, 0.717) is 17.7 Å². The van der Waals surface area contributed by atoms with Gasteiger partial charge < -0.3 is 5.11 Å². The van der Waals surface area contributed by atoms with Gasteiger partial charge in [-0.1, -0.05) is 18.2 Å². The van der Waals surface area contributed by atoms with E-state index in [-0.39, 0.29) is 5.91 Å². The van der Waals surface area contributed by atoms with Crippen molar-refractivity contribution in [3.63, 3.8) is 0 Å². The summed E-state index contributed by atoms with van der Waals surface area (Å²) in [6, 6.07) is 7.23. The lowest BCUT2D eigenvalue weighted by molar-refractivity contribution is -0.119. The van der Waals surface area contributed by atoms with Crippen LogP contribution in [0.3, 0.4) is 0 Å². The number of carbonyl (C=O) groups excluding carboxylic acids is 1. The van der Waals surface area contributed by atoms with Crippen LogP contribution in [0.2, 0.25) is 0 Å². The lowest BCUT2D eigenvalue weighted by Crippen LogP contribution is -2.26. The van der Waals surface area contributed by atoms with Gasteiger partial charge in [0.05, 0.1) is 18.2 Å². The van der Waals surface area contributed by atoms with Crippen LogP contribution in [-0.2, 0) is 9.63 Å². The first-order valence-electron chi connectivity index (χ1n) is 5.70. The number of aliphatic hydroxyl groups excluding tert-OH is 1. The van der Waals surface area contributed by atoms with E-state index in [9.17, 15) is 9.90 Å². The third-order valence-corrected chi connectivity index (χ3v) is 2.75. The molecule has 0 aromatic heterocycles. The highest BCUT2D eigenvalue weighted by Crippen LogP contribution is 2.34.